The molecule has 0 amide bonds. The van der Waals surface area contributed by atoms with Crippen LogP contribution in [0.3, 0.4) is 0 Å². The predicted molar refractivity (Wildman–Crippen MR) is 135 cm³/mol. The first-order valence-electron chi connectivity index (χ1n) is 12.4. The van der Waals surface area contributed by atoms with E-state index in [0.29, 0.717) is 43.1 Å². The Labute approximate surface area is 213 Å². The van der Waals surface area contributed by atoms with Gasteiger partial charge < -0.3 is 39.3 Å². The molecular weight excluding hydrogens is 466 g/mol. The van der Waals surface area contributed by atoms with Crippen LogP contribution in [0.4, 0.5) is 0 Å². The van der Waals surface area contributed by atoms with E-state index in [4.69, 9.17) is 34.2 Å². The van der Waals surface area contributed by atoms with Crippen molar-refractivity contribution in [1.82, 2.24) is 0 Å². The molecule has 9 heteroatoms. The van der Waals surface area contributed by atoms with E-state index < -0.39 is 36.2 Å². The number of methoxy groups -OCH3 is 1. The molecule has 9 nitrogen and oxygen atoms in total. The molecule has 0 aliphatic carbocycles. The van der Waals surface area contributed by atoms with E-state index in [9.17, 15) is 9.90 Å². The number of carbonyl (C=O) groups excluding carboxylic acids is 1. The van der Waals surface area contributed by atoms with Crippen molar-refractivity contribution in [3.63, 3.8) is 0 Å². The van der Waals surface area contributed by atoms with Gasteiger partial charge in [-0.05, 0) is 52.3 Å². The minimum Gasteiger partial charge on any atom is -0.493 e. The highest BCUT2D eigenvalue weighted by Gasteiger charge is 2.43. The summed E-state index contributed by atoms with van der Waals surface area (Å²) in [5.74, 6) is -0.726. The van der Waals surface area contributed by atoms with Gasteiger partial charge in [-0.2, -0.15) is 0 Å². The molecule has 200 valence electrons. The van der Waals surface area contributed by atoms with Crippen LogP contribution in [0.5, 0.6) is 11.5 Å². The molecular formula is C27H39NO8. The molecule has 0 saturated carbocycles. The van der Waals surface area contributed by atoms with Gasteiger partial charge in [0.05, 0.1) is 12.7 Å². The van der Waals surface area contributed by atoms with Crippen molar-refractivity contribution < 1.29 is 38.3 Å². The Bertz CT molecular complexity index is 944. The summed E-state index contributed by atoms with van der Waals surface area (Å²) >= 11 is 0. The van der Waals surface area contributed by atoms with Gasteiger partial charge in [-0.3, -0.25) is 0 Å². The van der Waals surface area contributed by atoms with Crippen molar-refractivity contribution in [2.24, 2.45) is 11.7 Å². The molecule has 2 aliphatic rings. The Morgan fingerprint density at radius 3 is 2.61 bits per heavy atom. The van der Waals surface area contributed by atoms with Gasteiger partial charge in [0.2, 0.25) is 0 Å². The molecule has 0 aromatic heterocycles. The molecule has 1 aromatic carbocycles. The van der Waals surface area contributed by atoms with Gasteiger partial charge in [0.1, 0.15) is 35.4 Å². The fourth-order valence-electron chi connectivity index (χ4n) is 4.14. The van der Waals surface area contributed by atoms with E-state index in [-0.39, 0.29) is 18.3 Å². The topological polar surface area (TPSA) is 119 Å². The molecule has 1 fully saturated rings. The highest BCUT2D eigenvalue weighted by molar-refractivity contribution is 5.98. The lowest BCUT2D eigenvalue weighted by Crippen LogP contribution is -2.34. The van der Waals surface area contributed by atoms with E-state index in [1.54, 1.807) is 31.2 Å². The molecule has 0 spiro atoms. The van der Waals surface area contributed by atoms with Crippen molar-refractivity contribution in [3.8, 4) is 11.5 Å². The highest BCUT2D eigenvalue weighted by Crippen LogP contribution is 2.36. The molecule has 2 aliphatic heterocycles. The number of fused-ring (bicyclic) bond motifs is 2. The van der Waals surface area contributed by atoms with Gasteiger partial charge in [0.25, 0.3) is 0 Å². The number of aliphatic hydroxyl groups is 1. The van der Waals surface area contributed by atoms with E-state index in [1.807, 2.05) is 32.9 Å². The molecule has 36 heavy (non-hydrogen) atoms. The van der Waals surface area contributed by atoms with Crippen LogP contribution < -0.4 is 15.2 Å². The fourth-order valence-corrected chi connectivity index (χ4v) is 4.14. The van der Waals surface area contributed by atoms with Gasteiger partial charge in [-0.1, -0.05) is 31.2 Å². The Morgan fingerprint density at radius 2 is 1.89 bits per heavy atom. The Kier molecular flexibility index (Phi) is 9.92. The van der Waals surface area contributed by atoms with Crippen LogP contribution >= 0.6 is 0 Å². The SMILES string of the molecule is COCOc1ccc(OCCCN)c2c1C(=O)O[C@@H](C)[C@H](C)/C=C\C(O)[C@H]1OC(C)(C)O[C@H]1C/C=C/2. The zero-order valence-corrected chi connectivity index (χ0v) is 21.8. The molecule has 3 N–H and O–H groups in total. The second kappa shape index (κ2) is 12.7. The number of aliphatic hydroxyl groups excluding tert-OH is 1. The minimum atomic E-state index is -0.880. The average Bonchev–Trinajstić information content (AvgIpc) is 3.15. The lowest BCUT2D eigenvalue weighted by Gasteiger charge is -2.23. The summed E-state index contributed by atoms with van der Waals surface area (Å²) in [5, 5.41) is 10.8. The van der Waals surface area contributed by atoms with E-state index >= 15 is 0 Å². The molecule has 1 saturated heterocycles. The standard InChI is InChI=1S/C27H39NO8/c1-17-10-11-20(29)25-23(35-27(3,4)36-25)9-6-8-19-21(32-15-7-14-28)12-13-22(33-16-31-5)24(19)26(30)34-18(17)2/h6,8,10-13,17-18,20,23,25,29H,7,9,14-16,28H2,1-5H3/b8-6+,11-10-/t17-,18+,20?,23+,25-/m1/s1. The van der Waals surface area contributed by atoms with Crippen molar-refractivity contribution in [2.45, 2.75) is 70.7 Å². The lowest BCUT2D eigenvalue weighted by molar-refractivity contribution is -0.152. The van der Waals surface area contributed by atoms with Crippen LogP contribution in [-0.2, 0) is 18.9 Å². The molecule has 2 heterocycles. The summed E-state index contributed by atoms with van der Waals surface area (Å²) < 4.78 is 34.7. The number of esters is 1. The molecule has 5 atom stereocenters. The predicted octanol–water partition coefficient (Wildman–Crippen LogP) is 3.43. The number of hydrogen-bond acceptors (Lipinski definition) is 9. The Hall–Kier alpha value is -2.43. The van der Waals surface area contributed by atoms with Crippen molar-refractivity contribution in [1.29, 1.82) is 0 Å². The Balaban J connectivity index is 2.08. The summed E-state index contributed by atoms with van der Waals surface area (Å²) in [4.78, 5) is 13.5. The monoisotopic (exact) mass is 505 g/mol. The van der Waals surface area contributed by atoms with E-state index in [0.717, 1.165) is 0 Å². The van der Waals surface area contributed by atoms with Gasteiger partial charge in [-0.25, -0.2) is 4.79 Å². The minimum absolute atomic E-state index is 0.0343. The third-order valence-electron chi connectivity index (χ3n) is 6.17. The first-order chi connectivity index (χ1) is 17.2. The molecule has 1 unspecified atom stereocenters. The highest BCUT2D eigenvalue weighted by atomic mass is 16.8. The molecule has 0 radical (unpaired) electrons. The number of rotatable bonds is 7. The van der Waals surface area contributed by atoms with Crippen LogP contribution in [0.2, 0.25) is 0 Å². The summed E-state index contributed by atoms with van der Waals surface area (Å²) in [6.07, 6.45) is 5.96. The van der Waals surface area contributed by atoms with Gasteiger partial charge >= 0.3 is 5.97 Å². The Morgan fingerprint density at radius 1 is 1.14 bits per heavy atom. The number of nitrogens with two attached hydrogens (primary N) is 1. The average molecular weight is 506 g/mol. The summed E-state index contributed by atoms with van der Waals surface area (Å²) in [7, 11) is 1.51. The number of cyclic esters (lactones) is 1. The van der Waals surface area contributed by atoms with Crippen LogP contribution in [-0.4, -0.2) is 68.3 Å². The van der Waals surface area contributed by atoms with E-state index in [2.05, 4.69) is 0 Å². The van der Waals surface area contributed by atoms with Crippen molar-refractivity contribution in [2.75, 3.05) is 27.1 Å². The second-order valence-corrected chi connectivity index (χ2v) is 9.51. The number of carbonyl (C=O) groups is 1. The largest absolute Gasteiger partial charge is 0.493 e. The normalized spacial score (nSPS) is 29.9. The third kappa shape index (κ3) is 7.08. The summed E-state index contributed by atoms with van der Waals surface area (Å²) in [6, 6.07) is 3.42. The zero-order valence-electron chi connectivity index (χ0n) is 21.8. The maximum absolute atomic E-state index is 13.5. The first-order valence-corrected chi connectivity index (χ1v) is 12.4. The summed E-state index contributed by atoms with van der Waals surface area (Å²) in [5.41, 5.74) is 6.40. The maximum Gasteiger partial charge on any atom is 0.342 e. The fraction of sp³-hybridized carbons (Fsp3) is 0.593. The van der Waals surface area contributed by atoms with Crippen molar-refractivity contribution in [3.05, 3.63) is 41.5 Å². The zero-order chi connectivity index (χ0) is 26.3. The smallest absolute Gasteiger partial charge is 0.342 e. The summed E-state index contributed by atoms with van der Waals surface area (Å²) in [6.45, 7) is 8.20. The molecule has 3 rings (SSSR count). The number of benzene rings is 1. The molecule has 1 aromatic rings. The second-order valence-electron chi connectivity index (χ2n) is 9.51. The van der Waals surface area contributed by atoms with Crippen LogP contribution in [0.25, 0.3) is 6.08 Å². The molecule has 0 bridgehead atoms. The van der Waals surface area contributed by atoms with Crippen LogP contribution in [0.15, 0.2) is 30.4 Å². The van der Waals surface area contributed by atoms with Crippen LogP contribution in [0, 0.1) is 5.92 Å². The third-order valence-corrected chi connectivity index (χ3v) is 6.17. The van der Waals surface area contributed by atoms with E-state index in [1.165, 1.54) is 7.11 Å². The van der Waals surface area contributed by atoms with Gasteiger partial charge in [0.15, 0.2) is 12.6 Å². The van der Waals surface area contributed by atoms with Gasteiger partial charge in [0, 0.05) is 18.6 Å². The maximum atomic E-state index is 13.5. The van der Waals surface area contributed by atoms with Crippen LogP contribution in [0.1, 0.15) is 56.5 Å². The van der Waals surface area contributed by atoms with Crippen molar-refractivity contribution >= 4 is 12.0 Å². The number of hydrogen-bond donors (Lipinski definition) is 2. The van der Waals surface area contributed by atoms with Gasteiger partial charge in [-0.15, -0.1) is 0 Å². The lowest BCUT2D eigenvalue weighted by atomic mass is 9.98. The quantitative estimate of drug-likeness (QED) is 0.249. The number of ether oxygens (including phenoxy) is 6. The first kappa shape index (κ1) is 28.1.